The maximum absolute atomic E-state index is 13.5. The number of nitrogens with one attached hydrogen (secondary N) is 1. The van der Waals surface area contributed by atoms with Gasteiger partial charge in [0.1, 0.15) is 23.1 Å². The van der Waals surface area contributed by atoms with Gasteiger partial charge in [-0.3, -0.25) is 24.0 Å². The predicted molar refractivity (Wildman–Crippen MR) is 265 cm³/mol. The van der Waals surface area contributed by atoms with Gasteiger partial charge in [0.05, 0.1) is 84.4 Å². The highest BCUT2D eigenvalue weighted by Gasteiger charge is 2.34. The van der Waals surface area contributed by atoms with E-state index < -0.39 is 5.41 Å². The lowest BCUT2D eigenvalue weighted by Crippen LogP contribution is -2.40. The van der Waals surface area contributed by atoms with Crippen LogP contribution in [0.25, 0.3) is 0 Å². The van der Waals surface area contributed by atoms with E-state index in [2.05, 4.69) is 5.32 Å². The molecular weight excluding hydrogens is 895 g/mol. The van der Waals surface area contributed by atoms with Crippen LogP contribution in [0.15, 0.2) is 0 Å². The maximum Gasteiger partial charge on any atom is 0.220 e. The number of carbonyl (C=O) groups is 5. The van der Waals surface area contributed by atoms with Crippen LogP contribution in [0.3, 0.4) is 0 Å². The Kier molecular flexibility index (Phi) is 45.2. The van der Waals surface area contributed by atoms with Crippen molar-refractivity contribution in [3.63, 3.8) is 0 Å². The summed E-state index contributed by atoms with van der Waals surface area (Å²) in [5, 5.41) is 2.84. The molecule has 0 fully saturated rings. The summed E-state index contributed by atoms with van der Waals surface area (Å²) < 4.78 is 63.2. The van der Waals surface area contributed by atoms with Crippen molar-refractivity contribution in [1.82, 2.24) is 5.32 Å². The molecular formula is C52H97NO16. The Bertz CT molecular complexity index is 1210. The van der Waals surface area contributed by atoms with Crippen LogP contribution in [-0.2, 0) is 76.1 Å². The molecule has 0 atom stereocenters. The largest absolute Gasteiger partial charge is 0.381 e. The van der Waals surface area contributed by atoms with Crippen molar-refractivity contribution < 1.29 is 76.1 Å². The third-order valence-corrected chi connectivity index (χ3v) is 10.1. The average molecular weight is 992 g/mol. The third kappa shape index (κ3) is 47.8. The summed E-state index contributed by atoms with van der Waals surface area (Å²) in [6.07, 6.45) is 6.80. The molecule has 17 nitrogen and oxygen atoms in total. The van der Waals surface area contributed by atoms with Gasteiger partial charge in [-0.2, -0.15) is 0 Å². The third-order valence-electron chi connectivity index (χ3n) is 10.1. The van der Waals surface area contributed by atoms with Crippen LogP contribution in [0.1, 0.15) is 152 Å². The van der Waals surface area contributed by atoms with Gasteiger partial charge in [0.25, 0.3) is 0 Å². The summed E-state index contributed by atoms with van der Waals surface area (Å²) in [7, 11) is 0. The zero-order valence-corrected chi connectivity index (χ0v) is 44.4. The first kappa shape index (κ1) is 66.7. The first-order chi connectivity index (χ1) is 33.1. The smallest absolute Gasteiger partial charge is 0.220 e. The molecule has 0 heterocycles. The highest BCUT2D eigenvalue weighted by atomic mass is 16.5. The van der Waals surface area contributed by atoms with Crippen molar-refractivity contribution in [2.45, 2.75) is 176 Å². The van der Waals surface area contributed by atoms with Crippen LogP contribution in [0.2, 0.25) is 0 Å². The van der Waals surface area contributed by atoms with Gasteiger partial charge in [-0.05, 0) is 93.9 Å². The van der Waals surface area contributed by atoms with E-state index in [1.165, 1.54) is 0 Å². The second-order valence-electron chi connectivity index (χ2n) is 18.7. The molecule has 406 valence electrons. The minimum Gasteiger partial charge on any atom is -0.381 e. The Balaban J connectivity index is 5.19. The molecule has 0 saturated carbocycles. The van der Waals surface area contributed by atoms with E-state index in [0.717, 1.165) is 0 Å². The van der Waals surface area contributed by atoms with Crippen LogP contribution < -0.4 is 5.32 Å². The number of carbonyl (C=O) groups excluding carboxylic acids is 5. The molecule has 17 heteroatoms. The molecule has 0 saturated heterocycles. The summed E-state index contributed by atoms with van der Waals surface area (Å²) >= 11 is 0. The molecule has 0 aliphatic carbocycles. The van der Waals surface area contributed by atoms with E-state index in [1.54, 1.807) is 0 Å². The molecule has 0 rings (SSSR count). The molecule has 0 aromatic heterocycles. The summed E-state index contributed by atoms with van der Waals surface area (Å²) in [6, 6.07) is -0.0362. The monoisotopic (exact) mass is 992 g/mol. The molecule has 0 aliphatic heterocycles. The highest BCUT2D eigenvalue weighted by Crippen LogP contribution is 2.27. The lowest BCUT2D eigenvalue weighted by atomic mass is 9.84. The number of hydrogen-bond donors (Lipinski definition) is 1. The van der Waals surface area contributed by atoms with Gasteiger partial charge in [0, 0.05) is 129 Å². The van der Waals surface area contributed by atoms with Gasteiger partial charge in [-0.15, -0.1) is 0 Å². The molecule has 0 unspecified atom stereocenters. The van der Waals surface area contributed by atoms with E-state index in [4.69, 9.17) is 52.1 Å². The Morgan fingerprint density at radius 3 is 1.04 bits per heavy atom. The van der Waals surface area contributed by atoms with Crippen molar-refractivity contribution >= 4 is 29.0 Å². The number of ketones is 4. The minimum absolute atomic E-state index is 0.0362. The van der Waals surface area contributed by atoms with Crippen LogP contribution in [0, 0.1) is 5.41 Å². The van der Waals surface area contributed by atoms with E-state index >= 15 is 0 Å². The van der Waals surface area contributed by atoms with Crippen molar-refractivity contribution in [2.24, 2.45) is 5.41 Å². The second kappa shape index (κ2) is 46.8. The number of Topliss-reactive ketones (excluding diaryl/α,β-unsaturated/α-hetero) is 4. The quantitative estimate of drug-likeness (QED) is 0.0609. The summed E-state index contributed by atoms with van der Waals surface area (Å²) in [5.74, 6) is 0.109. The second-order valence-corrected chi connectivity index (χ2v) is 18.7. The van der Waals surface area contributed by atoms with Crippen molar-refractivity contribution in [2.75, 3.05) is 126 Å². The summed E-state index contributed by atoms with van der Waals surface area (Å²) in [6.45, 7) is 23.0. The van der Waals surface area contributed by atoms with Gasteiger partial charge in [-0.25, -0.2) is 0 Å². The molecule has 0 aromatic carbocycles. The normalized spacial score (nSPS) is 12.0. The predicted octanol–water partition coefficient (Wildman–Crippen LogP) is 7.03. The highest BCUT2D eigenvalue weighted by molar-refractivity contribution is 5.85. The summed E-state index contributed by atoms with van der Waals surface area (Å²) in [5.41, 5.74) is -0.852. The molecule has 1 N–H and O–H groups in total. The molecule has 0 spiro atoms. The van der Waals surface area contributed by atoms with Crippen molar-refractivity contribution in [3.05, 3.63) is 0 Å². The molecule has 0 aliphatic rings. The molecule has 69 heavy (non-hydrogen) atoms. The van der Waals surface area contributed by atoms with Gasteiger partial charge >= 0.3 is 0 Å². The molecule has 0 aromatic rings. The van der Waals surface area contributed by atoms with Gasteiger partial charge in [0.2, 0.25) is 5.91 Å². The van der Waals surface area contributed by atoms with Gasteiger partial charge < -0.3 is 57.4 Å². The first-order valence-electron chi connectivity index (χ1n) is 26.0. The number of rotatable bonds is 54. The minimum atomic E-state index is -0.852. The zero-order chi connectivity index (χ0) is 51.2. The van der Waals surface area contributed by atoms with E-state index in [9.17, 15) is 24.0 Å². The van der Waals surface area contributed by atoms with E-state index in [0.29, 0.717) is 183 Å². The topological polar surface area (TPSA) is 199 Å². The van der Waals surface area contributed by atoms with Gasteiger partial charge in [-0.1, -0.05) is 0 Å². The van der Waals surface area contributed by atoms with Crippen LogP contribution in [-0.4, -0.2) is 179 Å². The standard InChI is InChI=1S/C52H97NO16/c1-43(2)53-51(58)19-18-50(57)39-52(42-66-30-14-27-61-34-22-49(56)17-11-31-67-44(3)4,40-64-28-12-25-59-32-20-47(54)15-9-23-62-35-37-68-45(5)6)41-65-29-13-26-60-33-21-48(55)16-10-24-63-36-38-69-46(7)8/h43-46H,9-42H2,1-8H3,(H,53,58). The fourth-order valence-electron chi connectivity index (χ4n) is 6.55. The number of ether oxygens (including phenoxy) is 11. The Hall–Kier alpha value is -2.29. The first-order valence-corrected chi connectivity index (χ1v) is 26.0. The maximum atomic E-state index is 13.5. The van der Waals surface area contributed by atoms with Crippen molar-refractivity contribution in [3.8, 4) is 0 Å². The number of hydrogen-bond acceptors (Lipinski definition) is 16. The summed E-state index contributed by atoms with van der Waals surface area (Å²) in [4.78, 5) is 62.8. The SMILES string of the molecule is CC(C)NC(=O)CCC(=O)CC(COCCCOCCC(=O)CCCOCCOC(C)C)(COCCCOCCC(=O)CCCOCCOC(C)C)COCCCOCCC(=O)CCCOC(C)C. The molecule has 0 bridgehead atoms. The Morgan fingerprint density at radius 1 is 0.333 bits per heavy atom. The lowest BCUT2D eigenvalue weighted by Gasteiger charge is -2.33. The van der Waals surface area contributed by atoms with Crippen LogP contribution in [0.5, 0.6) is 0 Å². The Labute approximate surface area is 416 Å². The van der Waals surface area contributed by atoms with Gasteiger partial charge in [0.15, 0.2) is 0 Å². The Morgan fingerprint density at radius 2 is 0.667 bits per heavy atom. The van der Waals surface area contributed by atoms with E-state index in [1.807, 2.05) is 55.4 Å². The van der Waals surface area contributed by atoms with Crippen molar-refractivity contribution in [1.29, 1.82) is 0 Å². The molecule has 0 radical (unpaired) electrons. The van der Waals surface area contributed by atoms with Crippen LogP contribution >= 0.6 is 0 Å². The lowest BCUT2D eigenvalue weighted by molar-refractivity contribution is -0.132. The molecule has 1 amide bonds. The number of amides is 1. The fraction of sp³-hybridized carbons (Fsp3) is 0.904. The fourth-order valence-corrected chi connectivity index (χ4v) is 6.55. The average Bonchev–Trinajstić information content (AvgIpc) is 3.28. The van der Waals surface area contributed by atoms with Crippen LogP contribution in [0.4, 0.5) is 0 Å². The zero-order valence-electron chi connectivity index (χ0n) is 44.4. The van der Waals surface area contributed by atoms with E-state index in [-0.39, 0.29) is 92.5 Å².